The summed E-state index contributed by atoms with van der Waals surface area (Å²) in [6.45, 7) is 2.05. The molecule has 1 saturated heterocycles. The maximum atomic E-state index is 12.4. The maximum Gasteiger partial charge on any atom is 0.255 e. The number of rotatable bonds is 5. The first-order chi connectivity index (χ1) is 12.3. The number of hydrogen-bond donors (Lipinski definition) is 1. The lowest BCUT2D eigenvalue weighted by Crippen LogP contribution is -2.27. The highest BCUT2D eigenvalue weighted by Gasteiger charge is 2.24. The molecule has 1 amide bonds. The van der Waals surface area contributed by atoms with Gasteiger partial charge >= 0.3 is 0 Å². The van der Waals surface area contributed by atoms with E-state index >= 15 is 0 Å². The van der Waals surface area contributed by atoms with Gasteiger partial charge in [0.05, 0.1) is 5.56 Å². The normalized spacial score (nSPS) is 19.0. The van der Waals surface area contributed by atoms with Crippen LogP contribution in [0, 0.1) is 0 Å². The van der Waals surface area contributed by atoms with Gasteiger partial charge in [0.25, 0.3) is 11.8 Å². The van der Waals surface area contributed by atoms with Gasteiger partial charge < -0.3 is 24.1 Å². The van der Waals surface area contributed by atoms with Crippen molar-refractivity contribution in [1.82, 2.24) is 15.5 Å². The number of carbonyl (C=O) groups excluding carboxylic acids is 1. The summed E-state index contributed by atoms with van der Waals surface area (Å²) in [6.07, 6.45) is 2.29. The maximum absolute atomic E-state index is 12.4. The first kappa shape index (κ1) is 15.9. The smallest absolute Gasteiger partial charge is 0.255 e. The summed E-state index contributed by atoms with van der Waals surface area (Å²) in [4.78, 5) is 16.7. The van der Waals surface area contributed by atoms with E-state index in [1.165, 1.54) is 0 Å². The summed E-state index contributed by atoms with van der Waals surface area (Å²) >= 11 is 0. The molecular weight excluding hydrogens is 326 g/mol. The summed E-state index contributed by atoms with van der Waals surface area (Å²) in [6, 6.07) is 5.28. The van der Waals surface area contributed by atoms with Crippen molar-refractivity contribution in [3.8, 4) is 11.5 Å². The molecule has 0 aliphatic carbocycles. The second kappa shape index (κ2) is 7.10. The lowest BCUT2D eigenvalue weighted by molar-refractivity contribution is 0.0835. The molecule has 4 rings (SSSR count). The molecule has 2 aliphatic heterocycles. The van der Waals surface area contributed by atoms with Crippen LogP contribution in [0.1, 0.15) is 41.0 Å². The van der Waals surface area contributed by atoms with Crippen molar-refractivity contribution < 1.29 is 23.5 Å². The lowest BCUT2D eigenvalue weighted by atomic mass is 10.1. The number of nitrogens with one attached hydrogen (secondary N) is 1. The molecule has 0 unspecified atom stereocenters. The molecule has 8 heteroatoms. The number of nitrogens with zero attached hydrogens (tertiary/aromatic N) is 2. The Bertz CT molecular complexity index is 754. The predicted molar refractivity (Wildman–Crippen MR) is 85.7 cm³/mol. The van der Waals surface area contributed by atoms with Crippen LogP contribution in [-0.2, 0) is 11.2 Å². The minimum Gasteiger partial charge on any atom is -0.486 e. The Labute approximate surface area is 144 Å². The van der Waals surface area contributed by atoms with Gasteiger partial charge in [0.2, 0.25) is 0 Å². The molecule has 1 aromatic carbocycles. The first-order valence-electron chi connectivity index (χ1n) is 8.42. The molecule has 1 aromatic heterocycles. The molecule has 0 spiro atoms. The predicted octanol–water partition coefficient (Wildman–Crippen LogP) is 1.66. The van der Waals surface area contributed by atoms with Crippen molar-refractivity contribution in [2.24, 2.45) is 0 Å². The van der Waals surface area contributed by atoms with Crippen molar-refractivity contribution in [1.29, 1.82) is 0 Å². The zero-order valence-electron chi connectivity index (χ0n) is 13.7. The fraction of sp³-hybridized carbons (Fsp3) is 0.471. The monoisotopic (exact) mass is 345 g/mol. The third-order valence-electron chi connectivity index (χ3n) is 4.13. The number of benzene rings is 1. The second-order valence-corrected chi connectivity index (χ2v) is 5.89. The average molecular weight is 345 g/mol. The summed E-state index contributed by atoms with van der Waals surface area (Å²) in [5, 5.41) is 6.79. The van der Waals surface area contributed by atoms with E-state index < -0.39 is 0 Å². The Morgan fingerprint density at radius 1 is 1.24 bits per heavy atom. The van der Waals surface area contributed by atoms with Crippen LogP contribution in [0.4, 0.5) is 0 Å². The molecule has 132 valence electrons. The highest BCUT2D eigenvalue weighted by Crippen LogP contribution is 2.33. The Morgan fingerprint density at radius 2 is 2.16 bits per heavy atom. The lowest BCUT2D eigenvalue weighted by Gasteiger charge is -2.20. The Balaban J connectivity index is 1.33. The van der Waals surface area contributed by atoms with Gasteiger partial charge in [-0.2, -0.15) is 4.98 Å². The molecule has 2 aromatic rings. The Hall–Kier alpha value is -2.61. The molecule has 3 heterocycles. The second-order valence-electron chi connectivity index (χ2n) is 5.89. The van der Waals surface area contributed by atoms with Gasteiger partial charge in [-0.05, 0) is 25.0 Å². The number of para-hydroxylation sites is 1. The molecular formula is C17H19N3O5. The van der Waals surface area contributed by atoms with Crippen molar-refractivity contribution in [2.45, 2.75) is 25.4 Å². The van der Waals surface area contributed by atoms with Gasteiger partial charge in [0.1, 0.15) is 19.3 Å². The molecule has 1 atom stereocenters. The zero-order chi connectivity index (χ0) is 17.1. The van der Waals surface area contributed by atoms with Gasteiger partial charge in [-0.15, -0.1) is 0 Å². The topological polar surface area (TPSA) is 95.7 Å². The van der Waals surface area contributed by atoms with Crippen LogP contribution >= 0.6 is 0 Å². The van der Waals surface area contributed by atoms with Gasteiger partial charge in [0.15, 0.2) is 17.3 Å². The van der Waals surface area contributed by atoms with Crippen LogP contribution < -0.4 is 14.8 Å². The summed E-state index contributed by atoms with van der Waals surface area (Å²) in [7, 11) is 0. The van der Waals surface area contributed by atoms with Crippen molar-refractivity contribution in [2.75, 3.05) is 26.4 Å². The van der Waals surface area contributed by atoms with Gasteiger partial charge in [-0.25, -0.2) is 0 Å². The number of amides is 1. The van der Waals surface area contributed by atoms with Crippen LogP contribution in [0.25, 0.3) is 0 Å². The van der Waals surface area contributed by atoms with Crippen molar-refractivity contribution >= 4 is 5.91 Å². The fourth-order valence-corrected chi connectivity index (χ4v) is 2.91. The van der Waals surface area contributed by atoms with E-state index in [0.29, 0.717) is 55.0 Å². The third-order valence-corrected chi connectivity index (χ3v) is 4.13. The van der Waals surface area contributed by atoms with Gasteiger partial charge in [-0.3, -0.25) is 4.79 Å². The average Bonchev–Trinajstić information content (AvgIpc) is 3.32. The van der Waals surface area contributed by atoms with Crippen LogP contribution in [0.3, 0.4) is 0 Å². The SMILES string of the molecule is O=C(NCCc1noc([C@@H]2CCCO2)n1)c1cccc2c1OCCO2. The first-order valence-corrected chi connectivity index (χ1v) is 8.42. The molecule has 1 fully saturated rings. The van der Waals surface area contributed by atoms with E-state index in [9.17, 15) is 4.79 Å². The fourth-order valence-electron chi connectivity index (χ4n) is 2.91. The van der Waals surface area contributed by atoms with E-state index in [0.717, 1.165) is 19.4 Å². The van der Waals surface area contributed by atoms with E-state index in [-0.39, 0.29) is 12.0 Å². The highest BCUT2D eigenvalue weighted by atomic mass is 16.6. The molecule has 8 nitrogen and oxygen atoms in total. The molecule has 25 heavy (non-hydrogen) atoms. The zero-order valence-corrected chi connectivity index (χ0v) is 13.7. The van der Waals surface area contributed by atoms with Crippen molar-refractivity contribution in [3.05, 3.63) is 35.5 Å². The van der Waals surface area contributed by atoms with E-state index in [4.69, 9.17) is 18.7 Å². The molecule has 0 bridgehead atoms. The van der Waals surface area contributed by atoms with Gasteiger partial charge in [-0.1, -0.05) is 11.2 Å². The van der Waals surface area contributed by atoms with E-state index in [2.05, 4.69) is 15.5 Å². The Morgan fingerprint density at radius 3 is 3.04 bits per heavy atom. The number of hydrogen-bond acceptors (Lipinski definition) is 7. The van der Waals surface area contributed by atoms with Crippen LogP contribution in [0.2, 0.25) is 0 Å². The molecule has 0 saturated carbocycles. The van der Waals surface area contributed by atoms with Crippen LogP contribution in [-0.4, -0.2) is 42.4 Å². The van der Waals surface area contributed by atoms with Gasteiger partial charge in [0, 0.05) is 19.6 Å². The summed E-state index contributed by atoms with van der Waals surface area (Å²) in [5.74, 6) is 1.94. The Kier molecular flexibility index (Phi) is 4.51. The van der Waals surface area contributed by atoms with Crippen molar-refractivity contribution in [3.63, 3.8) is 0 Å². The standard InChI is InChI=1S/C17H19N3O5/c21-16(11-3-1-4-12-15(11)24-10-9-23-12)18-7-6-14-19-17(25-20-14)13-5-2-8-22-13/h1,3-4,13H,2,5-10H2,(H,18,21)/t13-/m0/s1. The van der Waals surface area contributed by atoms with E-state index in [1.807, 2.05) is 0 Å². The van der Waals surface area contributed by atoms with E-state index in [1.54, 1.807) is 18.2 Å². The summed E-state index contributed by atoms with van der Waals surface area (Å²) < 4.78 is 21.8. The molecule has 1 N–H and O–H groups in total. The number of fused-ring (bicyclic) bond motifs is 1. The highest BCUT2D eigenvalue weighted by molar-refractivity contribution is 5.97. The largest absolute Gasteiger partial charge is 0.486 e. The number of ether oxygens (including phenoxy) is 3. The minimum absolute atomic E-state index is 0.0937. The molecule has 2 aliphatic rings. The number of aromatic nitrogens is 2. The quantitative estimate of drug-likeness (QED) is 0.880. The minimum atomic E-state index is -0.217. The molecule has 0 radical (unpaired) electrons. The van der Waals surface area contributed by atoms with Crippen LogP contribution in [0.15, 0.2) is 22.7 Å². The summed E-state index contributed by atoms with van der Waals surface area (Å²) in [5.41, 5.74) is 0.463. The number of carbonyl (C=O) groups is 1. The third kappa shape index (κ3) is 3.43. The van der Waals surface area contributed by atoms with Crippen LogP contribution in [0.5, 0.6) is 11.5 Å².